The molecule has 0 saturated heterocycles. The third-order valence-electron chi connectivity index (χ3n) is 1.71. The monoisotopic (exact) mass is 183 g/mol. The molecule has 0 aromatic heterocycles. The molecule has 0 atom stereocenters. The molecule has 74 valence electrons. The van der Waals surface area contributed by atoms with E-state index in [1.165, 1.54) is 0 Å². The van der Waals surface area contributed by atoms with Gasteiger partial charge in [0.2, 0.25) is 5.91 Å². The SMILES string of the molecule is CCN(CCC#N)C(=O)C(C)(C)N. The van der Waals surface area contributed by atoms with Gasteiger partial charge in [0.15, 0.2) is 0 Å². The Kier molecular flexibility index (Phi) is 4.43. The van der Waals surface area contributed by atoms with Crippen LogP contribution in [0.3, 0.4) is 0 Å². The van der Waals surface area contributed by atoms with Crippen LogP contribution in [0.25, 0.3) is 0 Å². The van der Waals surface area contributed by atoms with E-state index in [2.05, 4.69) is 0 Å². The summed E-state index contributed by atoms with van der Waals surface area (Å²) in [4.78, 5) is 13.2. The highest BCUT2D eigenvalue weighted by molar-refractivity contribution is 5.85. The summed E-state index contributed by atoms with van der Waals surface area (Å²) in [7, 11) is 0. The number of carbonyl (C=O) groups is 1. The molecule has 0 fully saturated rings. The van der Waals surface area contributed by atoms with E-state index in [1.54, 1.807) is 18.7 Å². The highest BCUT2D eigenvalue weighted by Crippen LogP contribution is 2.04. The van der Waals surface area contributed by atoms with Gasteiger partial charge in [-0.05, 0) is 20.8 Å². The lowest BCUT2D eigenvalue weighted by molar-refractivity contribution is -0.135. The predicted octanol–water partition coefficient (Wildman–Crippen LogP) is 0.486. The second-order valence-electron chi connectivity index (χ2n) is 3.51. The molecule has 0 aliphatic heterocycles. The van der Waals surface area contributed by atoms with Crippen LogP contribution < -0.4 is 5.73 Å². The molecule has 0 heterocycles. The molecule has 0 aromatic carbocycles. The summed E-state index contributed by atoms with van der Waals surface area (Å²) < 4.78 is 0. The number of hydrogen-bond acceptors (Lipinski definition) is 3. The Hall–Kier alpha value is -1.08. The molecule has 0 spiro atoms. The van der Waals surface area contributed by atoms with E-state index in [4.69, 9.17) is 11.0 Å². The number of rotatable bonds is 4. The number of nitrogens with zero attached hydrogens (tertiary/aromatic N) is 2. The first-order valence-electron chi connectivity index (χ1n) is 4.38. The quantitative estimate of drug-likeness (QED) is 0.689. The molecule has 0 unspecified atom stereocenters. The molecule has 0 saturated carbocycles. The van der Waals surface area contributed by atoms with E-state index in [0.29, 0.717) is 19.5 Å². The zero-order valence-electron chi connectivity index (χ0n) is 8.50. The van der Waals surface area contributed by atoms with Gasteiger partial charge in [0.1, 0.15) is 0 Å². The van der Waals surface area contributed by atoms with Crippen molar-refractivity contribution in [3.8, 4) is 6.07 Å². The fourth-order valence-corrected chi connectivity index (χ4v) is 0.996. The first-order chi connectivity index (χ1) is 5.93. The Morgan fingerprint density at radius 3 is 2.46 bits per heavy atom. The zero-order chi connectivity index (χ0) is 10.5. The van der Waals surface area contributed by atoms with Crippen LogP contribution in [0.2, 0.25) is 0 Å². The molecular formula is C9H17N3O. The van der Waals surface area contributed by atoms with Crippen molar-refractivity contribution in [1.82, 2.24) is 4.90 Å². The molecular weight excluding hydrogens is 166 g/mol. The van der Waals surface area contributed by atoms with Gasteiger partial charge in [-0.3, -0.25) is 4.79 Å². The number of amides is 1. The third kappa shape index (κ3) is 3.90. The zero-order valence-corrected chi connectivity index (χ0v) is 8.50. The van der Waals surface area contributed by atoms with Crippen LogP contribution >= 0.6 is 0 Å². The van der Waals surface area contributed by atoms with Crippen LogP contribution in [0.15, 0.2) is 0 Å². The van der Waals surface area contributed by atoms with Crippen molar-refractivity contribution in [1.29, 1.82) is 5.26 Å². The fraction of sp³-hybridized carbons (Fsp3) is 0.778. The minimum Gasteiger partial charge on any atom is -0.340 e. The summed E-state index contributed by atoms with van der Waals surface area (Å²) in [5.41, 5.74) is 4.81. The lowest BCUT2D eigenvalue weighted by Crippen LogP contribution is -2.51. The van der Waals surface area contributed by atoms with Gasteiger partial charge >= 0.3 is 0 Å². The normalized spacial score (nSPS) is 10.7. The van der Waals surface area contributed by atoms with Gasteiger partial charge in [0, 0.05) is 13.1 Å². The van der Waals surface area contributed by atoms with Crippen LogP contribution in [0.1, 0.15) is 27.2 Å². The number of carbonyl (C=O) groups excluding carboxylic acids is 1. The summed E-state index contributed by atoms with van der Waals surface area (Å²) in [6, 6.07) is 2.00. The van der Waals surface area contributed by atoms with Crippen LogP contribution in [0.4, 0.5) is 0 Å². The lowest BCUT2D eigenvalue weighted by atomic mass is 10.1. The molecule has 0 aliphatic rings. The minimum absolute atomic E-state index is 0.106. The van der Waals surface area contributed by atoms with E-state index >= 15 is 0 Å². The van der Waals surface area contributed by atoms with Gasteiger partial charge in [0.05, 0.1) is 18.0 Å². The molecule has 2 N–H and O–H groups in total. The Bertz CT molecular complexity index is 212. The van der Waals surface area contributed by atoms with Crippen molar-refractivity contribution < 1.29 is 4.79 Å². The number of likely N-dealkylation sites (N-methyl/N-ethyl adjacent to an activating group) is 1. The van der Waals surface area contributed by atoms with Gasteiger partial charge in [-0.1, -0.05) is 0 Å². The number of nitriles is 1. The summed E-state index contributed by atoms with van der Waals surface area (Å²) in [6.07, 6.45) is 0.357. The summed E-state index contributed by atoms with van der Waals surface area (Å²) in [5, 5.41) is 8.38. The topological polar surface area (TPSA) is 70.1 Å². The van der Waals surface area contributed by atoms with E-state index in [0.717, 1.165) is 0 Å². The number of nitrogens with two attached hydrogens (primary N) is 1. The van der Waals surface area contributed by atoms with Crippen molar-refractivity contribution in [2.45, 2.75) is 32.7 Å². The van der Waals surface area contributed by atoms with Crippen LogP contribution in [-0.4, -0.2) is 29.4 Å². The second-order valence-corrected chi connectivity index (χ2v) is 3.51. The van der Waals surface area contributed by atoms with Crippen molar-refractivity contribution in [3.05, 3.63) is 0 Å². The molecule has 4 nitrogen and oxygen atoms in total. The Balaban J connectivity index is 4.26. The minimum atomic E-state index is -0.842. The van der Waals surface area contributed by atoms with Crippen molar-refractivity contribution in [2.75, 3.05) is 13.1 Å². The highest BCUT2D eigenvalue weighted by Gasteiger charge is 2.26. The van der Waals surface area contributed by atoms with Gasteiger partial charge in [0.25, 0.3) is 0 Å². The van der Waals surface area contributed by atoms with Gasteiger partial charge in [-0.2, -0.15) is 5.26 Å². The van der Waals surface area contributed by atoms with Gasteiger partial charge in [-0.25, -0.2) is 0 Å². The van der Waals surface area contributed by atoms with Gasteiger partial charge in [-0.15, -0.1) is 0 Å². The molecule has 0 radical (unpaired) electrons. The smallest absolute Gasteiger partial charge is 0.242 e. The van der Waals surface area contributed by atoms with Crippen LogP contribution in [0, 0.1) is 11.3 Å². The van der Waals surface area contributed by atoms with E-state index in [1.807, 2.05) is 13.0 Å². The van der Waals surface area contributed by atoms with Crippen LogP contribution in [-0.2, 0) is 4.79 Å². The first-order valence-corrected chi connectivity index (χ1v) is 4.38. The maximum atomic E-state index is 11.6. The Morgan fingerprint density at radius 1 is 1.62 bits per heavy atom. The standard InChI is InChI=1S/C9H17N3O/c1-4-12(7-5-6-10)8(13)9(2,3)11/h4-5,7,11H2,1-3H3. The lowest BCUT2D eigenvalue weighted by Gasteiger charge is -2.27. The molecule has 0 aromatic rings. The van der Waals surface area contributed by atoms with Crippen molar-refractivity contribution >= 4 is 5.91 Å². The van der Waals surface area contributed by atoms with Crippen molar-refractivity contribution in [2.24, 2.45) is 5.73 Å². The third-order valence-corrected chi connectivity index (χ3v) is 1.71. The molecule has 0 rings (SSSR count). The van der Waals surface area contributed by atoms with Gasteiger partial charge < -0.3 is 10.6 Å². The predicted molar refractivity (Wildman–Crippen MR) is 50.8 cm³/mol. The van der Waals surface area contributed by atoms with E-state index in [-0.39, 0.29) is 5.91 Å². The maximum absolute atomic E-state index is 11.6. The molecule has 0 aliphatic carbocycles. The Morgan fingerprint density at radius 2 is 2.15 bits per heavy atom. The van der Waals surface area contributed by atoms with E-state index < -0.39 is 5.54 Å². The molecule has 13 heavy (non-hydrogen) atoms. The summed E-state index contributed by atoms with van der Waals surface area (Å²) >= 11 is 0. The average molecular weight is 183 g/mol. The second kappa shape index (κ2) is 4.83. The van der Waals surface area contributed by atoms with E-state index in [9.17, 15) is 4.79 Å². The Labute approximate surface area is 79.3 Å². The first kappa shape index (κ1) is 11.9. The molecule has 0 bridgehead atoms. The molecule has 1 amide bonds. The van der Waals surface area contributed by atoms with Crippen molar-refractivity contribution in [3.63, 3.8) is 0 Å². The highest BCUT2D eigenvalue weighted by atomic mass is 16.2. The molecule has 4 heteroatoms. The summed E-state index contributed by atoms with van der Waals surface area (Å²) in [5.74, 6) is -0.106. The van der Waals surface area contributed by atoms with Crippen LogP contribution in [0.5, 0.6) is 0 Å². The maximum Gasteiger partial charge on any atom is 0.242 e. The summed E-state index contributed by atoms with van der Waals surface area (Å²) in [6.45, 7) is 6.28. The largest absolute Gasteiger partial charge is 0.340 e. The number of hydrogen-bond donors (Lipinski definition) is 1. The fourth-order valence-electron chi connectivity index (χ4n) is 0.996. The average Bonchev–Trinajstić information content (AvgIpc) is 2.04.